The van der Waals surface area contributed by atoms with Gasteiger partial charge in [-0.25, -0.2) is 4.79 Å². The van der Waals surface area contributed by atoms with Crippen molar-refractivity contribution in [1.29, 1.82) is 0 Å². The zero-order valence-electron chi connectivity index (χ0n) is 18.3. The van der Waals surface area contributed by atoms with Gasteiger partial charge in [-0.15, -0.1) is 0 Å². The van der Waals surface area contributed by atoms with Gasteiger partial charge in [-0.2, -0.15) is 0 Å². The summed E-state index contributed by atoms with van der Waals surface area (Å²) < 4.78 is 5.93. The zero-order valence-corrected chi connectivity index (χ0v) is 19.1. The lowest BCUT2D eigenvalue weighted by Crippen LogP contribution is -2.49. The van der Waals surface area contributed by atoms with Crippen LogP contribution in [0.15, 0.2) is 12.1 Å². The van der Waals surface area contributed by atoms with Crippen LogP contribution >= 0.6 is 12.2 Å². The number of nitrogens with one attached hydrogen (secondary N) is 1. The number of benzene rings is 1. The minimum absolute atomic E-state index is 0.0382. The summed E-state index contributed by atoms with van der Waals surface area (Å²) >= 11 is 5.57. The Kier molecular flexibility index (Phi) is 7.93. The van der Waals surface area contributed by atoms with Crippen molar-refractivity contribution in [3.63, 3.8) is 0 Å². The van der Waals surface area contributed by atoms with Crippen LogP contribution in [-0.4, -0.2) is 41.2 Å². The quantitative estimate of drug-likeness (QED) is 0.499. The molecule has 1 unspecified atom stereocenters. The zero-order chi connectivity index (χ0) is 20.8. The normalized spacial score (nSPS) is 20.0. The highest BCUT2D eigenvalue weighted by atomic mass is 32.1. The third-order valence-electron chi connectivity index (χ3n) is 6.47. The number of ether oxygens (including phenoxy) is 1. The minimum Gasteiger partial charge on any atom is -0.485 e. The van der Waals surface area contributed by atoms with Crippen molar-refractivity contribution in [3.8, 4) is 0 Å². The molecular formula is C24H36N2O2S. The summed E-state index contributed by atoms with van der Waals surface area (Å²) in [4.78, 5) is 14.6. The third-order valence-corrected chi connectivity index (χ3v) is 6.86. The molecule has 3 rings (SSSR count). The van der Waals surface area contributed by atoms with Crippen molar-refractivity contribution in [2.75, 3.05) is 13.2 Å². The number of urea groups is 1. The summed E-state index contributed by atoms with van der Waals surface area (Å²) in [5.41, 5.74) is 5.43. The van der Waals surface area contributed by atoms with Gasteiger partial charge in [0.1, 0.15) is 6.04 Å². The van der Waals surface area contributed by atoms with Gasteiger partial charge in [0.25, 0.3) is 0 Å². The number of aryl methyl sites for hydroxylation is 3. The van der Waals surface area contributed by atoms with E-state index in [-0.39, 0.29) is 12.1 Å². The molecule has 1 aromatic rings. The first-order chi connectivity index (χ1) is 14.0. The molecule has 0 radical (unpaired) electrons. The molecule has 1 heterocycles. The Morgan fingerprint density at radius 3 is 2.66 bits per heavy atom. The molecule has 5 heteroatoms. The minimum atomic E-state index is -0.0588. The van der Waals surface area contributed by atoms with Crippen LogP contribution in [0.25, 0.3) is 0 Å². The average molecular weight is 417 g/mol. The predicted molar refractivity (Wildman–Crippen MR) is 123 cm³/mol. The summed E-state index contributed by atoms with van der Waals surface area (Å²) in [7, 11) is 0. The van der Waals surface area contributed by atoms with Crippen LogP contribution in [0.5, 0.6) is 0 Å². The topological polar surface area (TPSA) is 41.6 Å². The van der Waals surface area contributed by atoms with E-state index in [1.165, 1.54) is 41.5 Å². The number of hydrogen-bond donors (Lipinski definition) is 1. The molecule has 1 aliphatic carbocycles. The summed E-state index contributed by atoms with van der Waals surface area (Å²) in [6.45, 7) is 7.89. The summed E-state index contributed by atoms with van der Waals surface area (Å²) in [5.74, 6) is 0. The van der Waals surface area contributed by atoms with Crippen molar-refractivity contribution >= 4 is 23.3 Å². The fraction of sp³-hybridized carbons (Fsp3) is 0.667. The predicted octanol–water partition coefficient (Wildman–Crippen LogP) is 5.40. The molecule has 29 heavy (non-hydrogen) atoms. The molecule has 1 aromatic carbocycles. The SMILES string of the molecule is Cc1cc(C)c(C)c(CCCOC(=S)C2CCCN2C(=O)NC2CCCCC2)c1. The lowest BCUT2D eigenvalue weighted by molar-refractivity contribution is 0.187. The second kappa shape index (κ2) is 10.4. The van der Waals surface area contributed by atoms with Crippen LogP contribution in [0.3, 0.4) is 0 Å². The number of carbonyl (C=O) groups excluding carboxylic acids is 1. The van der Waals surface area contributed by atoms with E-state index in [2.05, 4.69) is 38.2 Å². The molecule has 1 saturated heterocycles. The van der Waals surface area contributed by atoms with Crippen LogP contribution in [0.1, 0.15) is 73.6 Å². The van der Waals surface area contributed by atoms with E-state index in [0.29, 0.717) is 17.7 Å². The van der Waals surface area contributed by atoms with Gasteiger partial charge in [-0.3, -0.25) is 0 Å². The molecule has 160 valence electrons. The Morgan fingerprint density at radius 1 is 1.14 bits per heavy atom. The van der Waals surface area contributed by atoms with Crippen molar-refractivity contribution in [2.45, 2.75) is 90.6 Å². The Hall–Kier alpha value is -1.62. The monoisotopic (exact) mass is 416 g/mol. The van der Waals surface area contributed by atoms with Crippen LogP contribution in [0, 0.1) is 20.8 Å². The van der Waals surface area contributed by atoms with E-state index in [4.69, 9.17) is 17.0 Å². The van der Waals surface area contributed by atoms with Gasteiger partial charge in [0, 0.05) is 12.6 Å². The molecule has 1 saturated carbocycles. The van der Waals surface area contributed by atoms with Crippen molar-refractivity contribution in [3.05, 3.63) is 34.4 Å². The van der Waals surface area contributed by atoms with Gasteiger partial charge in [0.15, 0.2) is 5.05 Å². The first-order valence-electron chi connectivity index (χ1n) is 11.3. The Morgan fingerprint density at radius 2 is 1.90 bits per heavy atom. The van der Waals surface area contributed by atoms with Gasteiger partial charge in [-0.05, 0) is 88.2 Å². The molecule has 0 spiro atoms. The van der Waals surface area contributed by atoms with Gasteiger partial charge in [0.05, 0.1) is 6.61 Å². The molecule has 2 fully saturated rings. The highest BCUT2D eigenvalue weighted by molar-refractivity contribution is 7.80. The molecule has 4 nitrogen and oxygen atoms in total. The Balaban J connectivity index is 1.45. The van der Waals surface area contributed by atoms with E-state index in [9.17, 15) is 4.79 Å². The van der Waals surface area contributed by atoms with E-state index < -0.39 is 0 Å². The maximum absolute atomic E-state index is 12.7. The highest BCUT2D eigenvalue weighted by Crippen LogP contribution is 2.22. The van der Waals surface area contributed by atoms with Crippen LogP contribution in [0.2, 0.25) is 0 Å². The summed E-state index contributed by atoms with van der Waals surface area (Å²) in [6, 6.07) is 4.81. The molecule has 1 aliphatic heterocycles. The molecular weight excluding hydrogens is 380 g/mol. The van der Waals surface area contributed by atoms with Crippen LogP contribution < -0.4 is 5.32 Å². The van der Waals surface area contributed by atoms with Crippen molar-refractivity contribution < 1.29 is 9.53 Å². The number of nitrogens with zero attached hydrogens (tertiary/aromatic N) is 1. The lowest BCUT2D eigenvalue weighted by Gasteiger charge is -2.29. The van der Waals surface area contributed by atoms with Crippen molar-refractivity contribution in [1.82, 2.24) is 10.2 Å². The second-order valence-corrected chi connectivity index (χ2v) is 9.18. The molecule has 1 N–H and O–H groups in total. The van der Waals surface area contributed by atoms with Gasteiger partial charge in [-0.1, -0.05) is 37.0 Å². The van der Waals surface area contributed by atoms with Gasteiger partial charge in [0.2, 0.25) is 0 Å². The smallest absolute Gasteiger partial charge is 0.318 e. The van der Waals surface area contributed by atoms with Crippen molar-refractivity contribution in [2.24, 2.45) is 0 Å². The van der Waals surface area contributed by atoms with Crippen LogP contribution in [0.4, 0.5) is 4.79 Å². The first-order valence-corrected chi connectivity index (χ1v) is 11.7. The third kappa shape index (κ3) is 5.94. The second-order valence-electron chi connectivity index (χ2n) is 8.77. The van der Waals surface area contributed by atoms with E-state index >= 15 is 0 Å². The Labute approximate surface area is 181 Å². The van der Waals surface area contributed by atoms with Gasteiger partial charge >= 0.3 is 6.03 Å². The maximum atomic E-state index is 12.7. The summed E-state index contributed by atoms with van der Waals surface area (Å²) in [6.07, 6.45) is 9.76. The number of likely N-dealkylation sites (tertiary alicyclic amines) is 1. The average Bonchev–Trinajstić information content (AvgIpc) is 3.19. The molecule has 2 aliphatic rings. The molecule has 0 bridgehead atoms. The number of amides is 2. The molecule has 1 atom stereocenters. The van der Waals surface area contributed by atoms with E-state index in [1.807, 2.05) is 4.90 Å². The number of rotatable bonds is 6. The lowest BCUT2D eigenvalue weighted by atomic mass is 9.96. The number of carbonyl (C=O) groups is 1. The highest BCUT2D eigenvalue weighted by Gasteiger charge is 2.33. The van der Waals surface area contributed by atoms with E-state index in [0.717, 1.165) is 45.1 Å². The fourth-order valence-corrected chi connectivity index (χ4v) is 5.01. The summed E-state index contributed by atoms with van der Waals surface area (Å²) in [5, 5.41) is 3.80. The maximum Gasteiger partial charge on any atom is 0.318 e. The van der Waals surface area contributed by atoms with E-state index in [1.54, 1.807) is 0 Å². The standard InChI is InChI=1S/C24H36N2O2S/c1-17-15-18(2)19(3)20(16-17)9-8-14-28-23(29)22-12-7-13-26(22)24(27)25-21-10-5-4-6-11-21/h15-16,21-22H,4-14H2,1-3H3,(H,25,27). The Bertz CT molecular complexity index is 728. The first kappa shape index (κ1) is 22.1. The number of hydrogen-bond acceptors (Lipinski definition) is 3. The largest absolute Gasteiger partial charge is 0.485 e. The molecule has 0 aromatic heterocycles. The molecule has 2 amide bonds. The fourth-order valence-electron chi connectivity index (χ4n) is 4.68. The number of thiocarbonyl (C=S) groups is 1. The van der Waals surface area contributed by atoms with Crippen LogP contribution in [-0.2, 0) is 11.2 Å². The van der Waals surface area contributed by atoms with Gasteiger partial charge < -0.3 is 15.0 Å².